The Kier molecular flexibility index (Phi) is 8.19. The third-order valence-corrected chi connectivity index (χ3v) is 6.28. The van der Waals surface area contributed by atoms with Crippen molar-refractivity contribution in [3.8, 4) is 0 Å². The van der Waals surface area contributed by atoms with Crippen molar-refractivity contribution < 1.29 is 9.59 Å². The zero-order valence-corrected chi connectivity index (χ0v) is 20.6. The monoisotopic (exact) mass is 489 g/mol. The zero-order chi connectivity index (χ0) is 25.0. The molecule has 2 amide bonds. The summed E-state index contributed by atoms with van der Waals surface area (Å²) in [4.78, 5) is 56.8. The first-order valence-corrected chi connectivity index (χ1v) is 12.0. The molecular formula is C24H32ClN5O4. The predicted molar refractivity (Wildman–Crippen MR) is 134 cm³/mol. The van der Waals surface area contributed by atoms with Crippen LogP contribution in [0.5, 0.6) is 0 Å². The second-order valence-corrected chi connectivity index (χ2v) is 9.49. The molecular weight excluding hydrogens is 458 g/mol. The van der Waals surface area contributed by atoms with Gasteiger partial charge in [0.2, 0.25) is 11.8 Å². The number of unbranched alkanes of at least 4 members (excludes halogenated alkanes) is 1. The summed E-state index contributed by atoms with van der Waals surface area (Å²) in [6.07, 6.45) is 2.18. The van der Waals surface area contributed by atoms with E-state index < -0.39 is 17.2 Å². The minimum absolute atomic E-state index is 0.0208. The maximum Gasteiger partial charge on any atom is 0.330 e. The van der Waals surface area contributed by atoms with Crippen LogP contribution >= 0.6 is 11.6 Å². The van der Waals surface area contributed by atoms with E-state index in [1.165, 1.54) is 9.47 Å². The summed E-state index contributed by atoms with van der Waals surface area (Å²) < 4.78 is 1.30. The summed E-state index contributed by atoms with van der Waals surface area (Å²) in [6.45, 7) is 6.78. The summed E-state index contributed by atoms with van der Waals surface area (Å²) in [6, 6.07) is 6.84. The number of rotatable bonds is 9. The number of aromatic amines is 1. The van der Waals surface area contributed by atoms with Gasteiger partial charge < -0.3 is 15.5 Å². The van der Waals surface area contributed by atoms with Crippen LogP contribution < -0.4 is 26.8 Å². The molecule has 10 heteroatoms. The number of carbonyl (C=O) groups is 2. The standard InChI is InChI=1S/C24H32ClN5O4/c1-4-5-11-29-21(26)20(22(32)27-24(29)34)28(12-10-15(2)3)23(33)16-13-19(31)30(14-16)18-8-6-17(25)7-9-18/h6-9,15-16H,4-5,10-14,26H2,1-3H3,(H,27,32,34). The van der Waals surface area contributed by atoms with Gasteiger partial charge in [0, 0.05) is 36.8 Å². The largest absolute Gasteiger partial charge is 0.383 e. The van der Waals surface area contributed by atoms with Crippen molar-refractivity contribution in [2.24, 2.45) is 11.8 Å². The maximum absolute atomic E-state index is 13.7. The molecule has 3 N–H and O–H groups in total. The summed E-state index contributed by atoms with van der Waals surface area (Å²) in [7, 11) is 0. The van der Waals surface area contributed by atoms with Gasteiger partial charge in [0.15, 0.2) is 5.69 Å². The Morgan fingerprint density at radius 2 is 1.91 bits per heavy atom. The molecule has 1 aliphatic heterocycles. The quantitative estimate of drug-likeness (QED) is 0.560. The van der Waals surface area contributed by atoms with Gasteiger partial charge in [-0.1, -0.05) is 38.8 Å². The van der Waals surface area contributed by atoms with Crippen LogP contribution in [0.1, 0.15) is 46.5 Å². The summed E-state index contributed by atoms with van der Waals surface area (Å²) in [5.74, 6) is -0.955. The second kappa shape index (κ2) is 10.9. The highest BCUT2D eigenvalue weighted by atomic mass is 35.5. The molecule has 9 nitrogen and oxygen atoms in total. The lowest BCUT2D eigenvalue weighted by molar-refractivity contribution is -0.124. The third kappa shape index (κ3) is 5.52. The molecule has 34 heavy (non-hydrogen) atoms. The Labute approximate surface area is 203 Å². The first-order valence-electron chi connectivity index (χ1n) is 11.6. The van der Waals surface area contributed by atoms with E-state index >= 15 is 0 Å². The lowest BCUT2D eigenvalue weighted by Crippen LogP contribution is -2.44. The first kappa shape index (κ1) is 25.6. The highest BCUT2D eigenvalue weighted by Gasteiger charge is 2.39. The smallest absolute Gasteiger partial charge is 0.330 e. The number of benzene rings is 1. The fourth-order valence-electron chi connectivity index (χ4n) is 4.06. The molecule has 0 aliphatic carbocycles. The van der Waals surface area contributed by atoms with Crippen LogP contribution in [0.15, 0.2) is 33.9 Å². The number of hydrogen-bond acceptors (Lipinski definition) is 5. The second-order valence-electron chi connectivity index (χ2n) is 9.05. The lowest BCUT2D eigenvalue weighted by atomic mass is 10.0. The van der Waals surface area contributed by atoms with Gasteiger partial charge in [-0.25, -0.2) is 4.79 Å². The van der Waals surface area contributed by atoms with Gasteiger partial charge in [-0.3, -0.25) is 23.9 Å². The molecule has 2 heterocycles. The Bertz CT molecular complexity index is 1160. The molecule has 184 valence electrons. The molecule has 1 fully saturated rings. The SMILES string of the molecule is CCCCn1c(N)c(N(CCC(C)C)C(=O)C2CC(=O)N(c3ccc(Cl)cc3)C2)c(=O)[nH]c1=O. The van der Waals surface area contributed by atoms with Gasteiger partial charge in [-0.2, -0.15) is 0 Å². The van der Waals surface area contributed by atoms with Crippen molar-refractivity contribution >= 4 is 40.6 Å². The first-order chi connectivity index (χ1) is 16.1. The van der Waals surface area contributed by atoms with Gasteiger partial charge in [-0.15, -0.1) is 0 Å². The fourth-order valence-corrected chi connectivity index (χ4v) is 4.19. The minimum atomic E-state index is -0.703. The maximum atomic E-state index is 13.7. The van der Waals surface area contributed by atoms with Crippen LogP contribution in [0.2, 0.25) is 5.02 Å². The number of nitrogens with zero attached hydrogens (tertiary/aromatic N) is 3. The number of carbonyl (C=O) groups excluding carboxylic acids is 2. The Balaban J connectivity index is 1.96. The van der Waals surface area contributed by atoms with E-state index in [2.05, 4.69) is 4.98 Å². The molecule has 0 spiro atoms. The van der Waals surface area contributed by atoms with Crippen LogP contribution in [0.25, 0.3) is 0 Å². The number of anilines is 3. The summed E-state index contributed by atoms with van der Waals surface area (Å²) in [5.41, 5.74) is 5.62. The molecule has 0 radical (unpaired) electrons. The van der Waals surface area contributed by atoms with Crippen LogP contribution in [0.3, 0.4) is 0 Å². The molecule has 1 aromatic carbocycles. The number of nitrogen functional groups attached to an aromatic ring is 1. The van der Waals surface area contributed by atoms with E-state index in [0.29, 0.717) is 30.1 Å². The molecule has 2 aromatic rings. The summed E-state index contributed by atoms with van der Waals surface area (Å²) >= 11 is 5.96. The number of hydrogen-bond donors (Lipinski definition) is 2. The number of halogens is 1. The van der Waals surface area contributed by atoms with E-state index in [1.54, 1.807) is 29.2 Å². The fraction of sp³-hybridized carbons (Fsp3) is 0.500. The van der Waals surface area contributed by atoms with Crippen molar-refractivity contribution in [3.63, 3.8) is 0 Å². The average molecular weight is 490 g/mol. The van der Waals surface area contributed by atoms with Gasteiger partial charge >= 0.3 is 5.69 Å². The van der Waals surface area contributed by atoms with E-state index in [1.807, 2.05) is 20.8 Å². The Morgan fingerprint density at radius 1 is 1.24 bits per heavy atom. The molecule has 1 saturated heterocycles. The van der Waals surface area contributed by atoms with Crippen LogP contribution in [0, 0.1) is 11.8 Å². The number of aromatic nitrogens is 2. The van der Waals surface area contributed by atoms with Gasteiger partial charge in [-0.05, 0) is 43.0 Å². The molecule has 1 unspecified atom stereocenters. The molecule has 1 aromatic heterocycles. The van der Waals surface area contributed by atoms with Crippen molar-refractivity contribution in [2.75, 3.05) is 28.6 Å². The molecule has 0 saturated carbocycles. The number of amides is 2. The van der Waals surface area contributed by atoms with E-state index in [9.17, 15) is 19.2 Å². The molecule has 1 atom stereocenters. The van der Waals surface area contributed by atoms with Crippen molar-refractivity contribution in [2.45, 2.75) is 53.0 Å². The Hall–Kier alpha value is -3.07. The van der Waals surface area contributed by atoms with Gasteiger partial charge in [0.1, 0.15) is 5.82 Å². The van der Waals surface area contributed by atoms with Crippen LogP contribution in [-0.2, 0) is 16.1 Å². The summed E-state index contributed by atoms with van der Waals surface area (Å²) in [5, 5.41) is 0.552. The van der Waals surface area contributed by atoms with Crippen molar-refractivity contribution in [1.29, 1.82) is 0 Å². The average Bonchev–Trinajstić information content (AvgIpc) is 3.17. The number of nitrogens with two attached hydrogens (primary N) is 1. The zero-order valence-electron chi connectivity index (χ0n) is 19.8. The highest BCUT2D eigenvalue weighted by molar-refractivity contribution is 6.30. The molecule has 0 bridgehead atoms. The Morgan fingerprint density at radius 3 is 2.53 bits per heavy atom. The van der Waals surface area contributed by atoms with Gasteiger partial charge in [0.25, 0.3) is 5.56 Å². The van der Waals surface area contributed by atoms with Crippen LogP contribution in [0.4, 0.5) is 17.2 Å². The molecule has 3 rings (SSSR count). The highest BCUT2D eigenvalue weighted by Crippen LogP contribution is 2.29. The van der Waals surface area contributed by atoms with Crippen LogP contribution in [-0.4, -0.2) is 34.5 Å². The van der Waals surface area contributed by atoms with E-state index in [0.717, 1.165) is 6.42 Å². The van der Waals surface area contributed by atoms with Gasteiger partial charge in [0.05, 0.1) is 5.92 Å². The van der Waals surface area contributed by atoms with Crippen molar-refractivity contribution in [1.82, 2.24) is 9.55 Å². The van der Waals surface area contributed by atoms with E-state index in [4.69, 9.17) is 17.3 Å². The third-order valence-electron chi connectivity index (χ3n) is 6.03. The normalized spacial score (nSPS) is 15.9. The molecule has 1 aliphatic rings. The number of H-pyrrole nitrogens is 1. The lowest BCUT2D eigenvalue weighted by Gasteiger charge is -2.27. The number of nitrogens with one attached hydrogen (secondary N) is 1. The predicted octanol–water partition coefficient (Wildman–Crippen LogP) is 3.00. The minimum Gasteiger partial charge on any atom is -0.383 e. The van der Waals surface area contributed by atoms with E-state index in [-0.39, 0.29) is 48.7 Å². The van der Waals surface area contributed by atoms with Crippen molar-refractivity contribution in [3.05, 3.63) is 50.1 Å². The topological polar surface area (TPSA) is 121 Å².